The van der Waals surface area contributed by atoms with Crippen molar-refractivity contribution >= 4 is 23.0 Å². The topological polar surface area (TPSA) is 191 Å². The number of aryl methyl sites for hydroxylation is 1. The highest BCUT2D eigenvalue weighted by Gasteiger charge is 2.41. The molecule has 6 rings (SSSR count). The van der Waals surface area contributed by atoms with Crippen LogP contribution >= 0.6 is 0 Å². The molecular weight excluding hydrogens is 825 g/mol. The zero-order chi connectivity index (χ0) is 47.6. The number of para-hydroxylation sites is 1. The number of amides is 1. The molecule has 0 bridgehead atoms. The van der Waals surface area contributed by atoms with Gasteiger partial charge in [-0.1, -0.05) is 100 Å². The van der Waals surface area contributed by atoms with Crippen LogP contribution < -0.4 is 15.0 Å². The van der Waals surface area contributed by atoms with Crippen LogP contribution in [0.5, 0.6) is 5.75 Å². The van der Waals surface area contributed by atoms with E-state index in [1.54, 1.807) is 24.3 Å². The van der Waals surface area contributed by atoms with Gasteiger partial charge in [0.05, 0.1) is 0 Å². The third kappa shape index (κ3) is 11.0. The van der Waals surface area contributed by atoms with Crippen molar-refractivity contribution in [2.45, 2.75) is 104 Å². The van der Waals surface area contributed by atoms with Gasteiger partial charge in [0.25, 0.3) is 0 Å². The summed E-state index contributed by atoms with van der Waals surface area (Å²) in [7, 11) is 0. The number of benzene rings is 3. The number of nitrogens with one attached hydrogen (secondary N) is 1. The minimum absolute atomic E-state index is 0.00877. The third-order valence-corrected chi connectivity index (χ3v) is 12.6. The average molecular weight is 883 g/mol. The van der Waals surface area contributed by atoms with E-state index in [4.69, 9.17) is 15.0 Å². The predicted octanol–water partition coefficient (Wildman–Crippen LogP) is 12.5. The van der Waals surface area contributed by atoms with Crippen molar-refractivity contribution in [3.63, 3.8) is 0 Å². The Kier molecular flexibility index (Phi) is 15.1. The van der Waals surface area contributed by atoms with E-state index >= 15 is 0 Å². The molecule has 338 valence electrons. The van der Waals surface area contributed by atoms with Gasteiger partial charge in [0.2, 0.25) is 5.91 Å². The molecule has 0 fully saturated rings. The zero-order valence-corrected chi connectivity index (χ0v) is 39.0. The van der Waals surface area contributed by atoms with Crippen molar-refractivity contribution < 1.29 is 19.4 Å². The Morgan fingerprint density at radius 3 is 2.33 bits per heavy atom. The van der Waals surface area contributed by atoms with Gasteiger partial charge in [-0.05, 0) is 128 Å². The summed E-state index contributed by atoms with van der Waals surface area (Å²) in [6.45, 7) is 15.7. The maximum atomic E-state index is 13.0. The normalized spacial score (nSPS) is 18.7. The summed E-state index contributed by atoms with van der Waals surface area (Å²) >= 11 is 0. The number of anilines is 2. The quantitative estimate of drug-likeness (QED) is 0.0495. The molecule has 3 aliphatic rings. The van der Waals surface area contributed by atoms with Crippen molar-refractivity contribution in [2.75, 3.05) is 23.4 Å². The van der Waals surface area contributed by atoms with Crippen molar-refractivity contribution in [2.24, 2.45) is 16.4 Å². The lowest BCUT2D eigenvalue weighted by molar-refractivity contribution is -0.116. The molecule has 2 N–H and O–H groups in total. The van der Waals surface area contributed by atoms with E-state index in [0.717, 1.165) is 47.4 Å². The van der Waals surface area contributed by atoms with E-state index in [1.165, 1.54) is 5.56 Å². The van der Waals surface area contributed by atoms with E-state index in [0.29, 0.717) is 60.7 Å². The summed E-state index contributed by atoms with van der Waals surface area (Å²) in [4.78, 5) is 18.1. The Balaban J connectivity index is 1.39. The first-order valence-corrected chi connectivity index (χ1v) is 22.5. The lowest BCUT2D eigenvalue weighted by Crippen LogP contribution is -2.28. The number of carbonyl (C=O) groups is 1. The first-order chi connectivity index (χ1) is 31.5. The van der Waals surface area contributed by atoms with Gasteiger partial charge in [0.15, 0.2) is 11.3 Å². The number of nitriles is 3. The number of rotatable bonds is 15. The van der Waals surface area contributed by atoms with Crippen molar-refractivity contribution in [3.05, 3.63) is 164 Å². The summed E-state index contributed by atoms with van der Waals surface area (Å²) in [6.07, 6.45) is 12.9. The van der Waals surface area contributed by atoms with Gasteiger partial charge in [-0.3, -0.25) is 4.79 Å². The molecule has 2 aliphatic heterocycles. The van der Waals surface area contributed by atoms with E-state index in [-0.39, 0.29) is 46.2 Å². The molecule has 0 saturated heterocycles. The lowest BCUT2D eigenvalue weighted by Gasteiger charge is -2.36. The number of hydrogen-bond acceptors (Lipinski definition) is 9. The second-order valence-corrected chi connectivity index (χ2v) is 19.0. The molecule has 12 nitrogen and oxygen atoms in total. The highest BCUT2D eigenvalue weighted by molar-refractivity contribution is 5.90. The SMILES string of the molecule is CC1(C)OC(=C(C#N)C#N)C(C#N)=C1/C=C/C1=C(Oc2ccc(CCCO)cc2)C(=C/C=C2/N(CCCCC(=O)Nc3ccc(N=[N+]=[N-])cc3)c3ccccc3C2(C)C)/CC(C(C)(C)C)C1. The zero-order valence-electron chi connectivity index (χ0n) is 39.0. The van der Waals surface area contributed by atoms with E-state index in [2.05, 4.69) is 97.3 Å². The van der Waals surface area contributed by atoms with Crippen LogP contribution in [-0.2, 0) is 21.4 Å². The van der Waals surface area contributed by atoms with Gasteiger partial charge in [-0.25, -0.2) is 0 Å². The Bertz CT molecular complexity index is 2680. The van der Waals surface area contributed by atoms with Crippen LogP contribution in [-0.4, -0.2) is 29.8 Å². The molecule has 1 aliphatic carbocycles. The van der Waals surface area contributed by atoms with E-state index < -0.39 is 5.60 Å². The predicted molar refractivity (Wildman–Crippen MR) is 258 cm³/mol. The molecular formula is C54H58N8O4. The van der Waals surface area contributed by atoms with Crippen molar-refractivity contribution in [1.29, 1.82) is 15.8 Å². The number of aliphatic hydroxyl groups excluding tert-OH is 1. The molecule has 66 heavy (non-hydrogen) atoms. The second kappa shape index (κ2) is 20.7. The highest BCUT2D eigenvalue weighted by Crippen LogP contribution is 2.49. The monoisotopic (exact) mass is 882 g/mol. The highest BCUT2D eigenvalue weighted by atomic mass is 16.5. The molecule has 0 radical (unpaired) electrons. The van der Waals surface area contributed by atoms with Crippen molar-refractivity contribution in [1.82, 2.24) is 0 Å². The molecule has 3 aromatic carbocycles. The van der Waals surface area contributed by atoms with Gasteiger partial charge in [0, 0.05) is 58.2 Å². The Hall–Kier alpha value is -7.29. The van der Waals surface area contributed by atoms with Gasteiger partial charge in [-0.15, -0.1) is 0 Å². The number of allylic oxidation sites excluding steroid dienone is 8. The minimum atomic E-state index is -0.985. The van der Waals surface area contributed by atoms with Crippen LogP contribution in [0.4, 0.5) is 17.1 Å². The summed E-state index contributed by atoms with van der Waals surface area (Å²) in [5, 5.41) is 45.7. The van der Waals surface area contributed by atoms with Crippen LogP contribution in [0.25, 0.3) is 10.4 Å². The summed E-state index contributed by atoms with van der Waals surface area (Å²) in [5.41, 5.74) is 15.4. The first kappa shape index (κ1) is 48.2. The molecule has 0 spiro atoms. The lowest BCUT2D eigenvalue weighted by atomic mass is 9.70. The maximum absolute atomic E-state index is 13.0. The molecule has 1 amide bonds. The number of fused-ring (bicyclic) bond motifs is 1. The first-order valence-electron chi connectivity index (χ1n) is 22.5. The number of unbranched alkanes of at least 4 members (excludes halogenated alkanes) is 1. The summed E-state index contributed by atoms with van der Waals surface area (Å²) < 4.78 is 13.0. The number of azide groups is 1. The molecule has 1 atom stereocenters. The number of aliphatic hydroxyl groups is 1. The Morgan fingerprint density at radius 2 is 1.68 bits per heavy atom. The van der Waals surface area contributed by atoms with Gasteiger partial charge < -0.3 is 24.8 Å². The standard InChI is InChI=1S/C54H58N8O4/c1-52(2,3)40-31-37(19-27-45-44(35-57)51(39(33-55)34-56)66-54(45,6)7)50(65-43-25-17-36(18-26-43)13-12-30-63)38(32-40)20-28-48-53(4,5)46-14-8-9-15-47(46)62(48)29-11-10-16-49(64)59-41-21-23-42(24-22-41)60-61-58/h8-9,14-15,17-28,40,63H,10-13,16,29-32H2,1-7H3,(H,59,64)/b27-19+,38-20+,48-28+. The van der Waals surface area contributed by atoms with Crippen molar-refractivity contribution in [3.8, 4) is 24.0 Å². The molecule has 12 heteroatoms. The molecule has 0 aromatic heterocycles. The third-order valence-electron chi connectivity index (χ3n) is 12.6. The number of carbonyl (C=O) groups excluding carboxylic acids is 1. The Morgan fingerprint density at radius 1 is 0.970 bits per heavy atom. The minimum Gasteiger partial charge on any atom is -0.480 e. The Labute approximate surface area is 388 Å². The number of hydrogen-bond donors (Lipinski definition) is 2. The van der Waals surface area contributed by atoms with E-state index in [1.807, 2.05) is 62.4 Å². The molecule has 2 heterocycles. The molecule has 1 unspecified atom stereocenters. The smallest absolute Gasteiger partial charge is 0.224 e. The summed E-state index contributed by atoms with van der Waals surface area (Å²) in [6, 6.07) is 29.2. The van der Waals surface area contributed by atoms with Crippen LogP contribution in [0.1, 0.15) is 98.1 Å². The van der Waals surface area contributed by atoms with Crippen LogP contribution in [0.2, 0.25) is 0 Å². The molecule has 3 aromatic rings. The fourth-order valence-electron chi connectivity index (χ4n) is 8.82. The van der Waals surface area contributed by atoms with Crippen LogP contribution in [0, 0.1) is 45.3 Å². The average Bonchev–Trinajstić information content (AvgIpc) is 3.67. The largest absolute Gasteiger partial charge is 0.480 e. The number of nitrogens with zero attached hydrogens (tertiary/aromatic N) is 7. The van der Waals surface area contributed by atoms with Crippen LogP contribution in [0.15, 0.2) is 147 Å². The second-order valence-electron chi connectivity index (χ2n) is 19.0. The maximum Gasteiger partial charge on any atom is 0.224 e. The van der Waals surface area contributed by atoms with Gasteiger partial charge in [-0.2, -0.15) is 15.8 Å². The van der Waals surface area contributed by atoms with Gasteiger partial charge >= 0.3 is 0 Å². The van der Waals surface area contributed by atoms with Gasteiger partial charge in [0.1, 0.15) is 40.9 Å². The fraction of sp³-hybridized carbons (Fsp3) is 0.370. The van der Waals surface area contributed by atoms with E-state index in [9.17, 15) is 25.7 Å². The van der Waals surface area contributed by atoms with Crippen LogP contribution in [0.3, 0.4) is 0 Å². The number of ether oxygens (including phenoxy) is 2. The molecule has 0 saturated carbocycles. The summed E-state index contributed by atoms with van der Waals surface area (Å²) in [5.74, 6) is 1.50. The fourth-order valence-corrected chi connectivity index (χ4v) is 8.82.